The van der Waals surface area contributed by atoms with E-state index in [0.717, 1.165) is 11.8 Å². The van der Waals surface area contributed by atoms with Gasteiger partial charge in [-0.1, -0.05) is 29.1 Å². The number of amidine groups is 2. The van der Waals surface area contributed by atoms with E-state index in [9.17, 15) is 9.59 Å². The number of aliphatic imine (C=N–C) groups is 2. The average molecular weight is 412 g/mol. The normalized spacial score (nSPS) is 17.7. The summed E-state index contributed by atoms with van der Waals surface area (Å²) >= 11 is 1.05. The Labute approximate surface area is 169 Å². The van der Waals surface area contributed by atoms with E-state index >= 15 is 0 Å². The van der Waals surface area contributed by atoms with Crippen molar-refractivity contribution >= 4 is 52.3 Å². The van der Waals surface area contributed by atoms with Crippen LogP contribution in [-0.2, 0) is 9.59 Å². The molecule has 148 valence electrons. The second kappa shape index (κ2) is 7.87. The van der Waals surface area contributed by atoms with Gasteiger partial charge < -0.3 is 14.6 Å². The number of thioether (sulfide) groups is 1. The number of hydrogen-bond donors (Lipinski definition) is 1. The maximum Gasteiger partial charge on any atom is 0.264 e. The van der Waals surface area contributed by atoms with Crippen LogP contribution in [0.15, 0.2) is 49.9 Å². The smallest absolute Gasteiger partial charge is 0.264 e. The van der Waals surface area contributed by atoms with Crippen LogP contribution in [0.25, 0.3) is 0 Å². The molecule has 4 rings (SSSR count). The second-order valence-electron chi connectivity index (χ2n) is 6.09. The van der Waals surface area contributed by atoms with Crippen LogP contribution < -0.4 is 15.1 Å². The van der Waals surface area contributed by atoms with E-state index in [1.54, 1.807) is 31.2 Å². The molecule has 3 heterocycles. The number of methoxy groups -OCH3 is 1. The van der Waals surface area contributed by atoms with Gasteiger partial charge in [-0.15, -0.1) is 0 Å². The molecular weight excluding hydrogens is 396 g/mol. The third-order valence-electron chi connectivity index (χ3n) is 4.05. The zero-order chi connectivity index (χ0) is 20.4. The molecule has 0 fully saturated rings. The van der Waals surface area contributed by atoms with Crippen molar-refractivity contribution in [3.05, 3.63) is 36.1 Å². The van der Waals surface area contributed by atoms with Crippen molar-refractivity contribution in [2.24, 2.45) is 21.0 Å². The lowest BCUT2D eigenvalue weighted by molar-refractivity contribution is -0.118. The first kappa shape index (κ1) is 18.9. The average Bonchev–Trinajstić information content (AvgIpc) is 3.32. The van der Waals surface area contributed by atoms with Gasteiger partial charge in [0.1, 0.15) is 23.1 Å². The Hall–Kier alpha value is -3.47. The highest BCUT2D eigenvalue weighted by molar-refractivity contribution is 8.14. The highest BCUT2D eigenvalue weighted by atomic mass is 32.2. The van der Waals surface area contributed by atoms with Gasteiger partial charge in [-0.3, -0.25) is 9.59 Å². The third kappa shape index (κ3) is 3.90. The number of rotatable bonds is 5. The molecule has 0 aliphatic carbocycles. The summed E-state index contributed by atoms with van der Waals surface area (Å²) in [5.41, 5.74) is 0.658. The molecule has 2 amide bonds. The maximum atomic E-state index is 12.4. The molecule has 0 spiro atoms. The Morgan fingerprint density at radius 2 is 2.17 bits per heavy atom. The van der Waals surface area contributed by atoms with Gasteiger partial charge in [-0.2, -0.15) is 10.1 Å². The molecule has 2 aromatic rings. The zero-order valence-corrected chi connectivity index (χ0v) is 16.3. The van der Waals surface area contributed by atoms with E-state index in [4.69, 9.17) is 9.26 Å². The number of anilines is 2. The Morgan fingerprint density at radius 3 is 2.93 bits per heavy atom. The molecule has 1 atom stereocenters. The quantitative estimate of drug-likeness (QED) is 0.798. The third-order valence-corrected chi connectivity index (χ3v) is 4.90. The number of aryl methyl sites for hydroxylation is 1. The topological polar surface area (TPSA) is 122 Å². The maximum absolute atomic E-state index is 12.4. The number of aromatic nitrogens is 1. The highest BCUT2D eigenvalue weighted by Gasteiger charge is 2.37. The molecule has 0 saturated heterocycles. The summed E-state index contributed by atoms with van der Waals surface area (Å²) < 4.78 is 10.3. The summed E-state index contributed by atoms with van der Waals surface area (Å²) in [5, 5.41) is 12.3. The summed E-state index contributed by atoms with van der Waals surface area (Å²) in [6, 6.07) is 8.90. The van der Waals surface area contributed by atoms with Crippen LogP contribution in [0, 0.1) is 12.8 Å². The van der Waals surface area contributed by atoms with Crippen molar-refractivity contribution in [3.8, 4) is 5.75 Å². The Kier molecular flexibility index (Phi) is 5.12. The van der Waals surface area contributed by atoms with Gasteiger partial charge in [0.25, 0.3) is 5.91 Å². The van der Waals surface area contributed by atoms with Gasteiger partial charge in [0, 0.05) is 12.3 Å². The molecule has 0 saturated carbocycles. The summed E-state index contributed by atoms with van der Waals surface area (Å²) in [4.78, 5) is 32.9. The van der Waals surface area contributed by atoms with Crippen molar-refractivity contribution in [3.63, 3.8) is 0 Å². The number of fused-ring (bicyclic) bond motifs is 1. The lowest BCUT2D eigenvalue weighted by Gasteiger charge is -2.21. The molecule has 1 N–H and O–H groups in total. The minimum atomic E-state index is -0.656. The summed E-state index contributed by atoms with van der Waals surface area (Å²) in [6.07, 6.45) is 1.50. The fourth-order valence-corrected chi connectivity index (χ4v) is 3.40. The van der Waals surface area contributed by atoms with Crippen LogP contribution in [0.5, 0.6) is 5.75 Å². The van der Waals surface area contributed by atoms with Crippen molar-refractivity contribution in [2.75, 3.05) is 23.2 Å². The van der Waals surface area contributed by atoms with E-state index < -0.39 is 5.92 Å². The molecule has 2 aliphatic heterocycles. The number of carbonyl (C=O) groups excluding carboxylic acids is 2. The molecule has 1 aromatic carbocycles. The lowest BCUT2D eigenvalue weighted by Crippen LogP contribution is -2.34. The van der Waals surface area contributed by atoms with Gasteiger partial charge in [0.2, 0.25) is 5.91 Å². The Morgan fingerprint density at radius 1 is 1.34 bits per heavy atom. The van der Waals surface area contributed by atoms with Crippen LogP contribution in [0.1, 0.15) is 5.76 Å². The molecule has 0 radical (unpaired) electrons. The first-order chi connectivity index (χ1) is 14.0. The van der Waals surface area contributed by atoms with Crippen LogP contribution in [0.4, 0.5) is 11.5 Å². The molecule has 1 unspecified atom stereocenters. The van der Waals surface area contributed by atoms with Crippen LogP contribution in [-0.4, -0.2) is 47.1 Å². The SMILES string of the molecule is COc1ccccc1N1N=CC2C(=O)N=C(SCC(=O)Nc3cc(C)on3)N=C21. The largest absolute Gasteiger partial charge is 0.494 e. The molecular formula is C18H16N6O4S. The summed E-state index contributed by atoms with van der Waals surface area (Å²) in [7, 11) is 1.56. The second-order valence-corrected chi connectivity index (χ2v) is 7.03. The Bertz CT molecular complexity index is 1060. The van der Waals surface area contributed by atoms with Crippen LogP contribution in [0.2, 0.25) is 0 Å². The number of nitrogens with zero attached hydrogens (tertiary/aromatic N) is 5. The van der Waals surface area contributed by atoms with E-state index in [-0.39, 0.29) is 22.7 Å². The van der Waals surface area contributed by atoms with Gasteiger partial charge >= 0.3 is 0 Å². The number of ether oxygens (including phenoxy) is 1. The van der Waals surface area contributed by atoms with E-state index in [0.29, 0.717) is 28.9 Å². The van der Waals surface area contributed by atoms with E-state index in [1.165, 1.54) is 6.21 Å². The van der Waals surface area contributed by atoms with Gasteiger partial charge in [-0.25, -0.2) is 10.0 Å². The number of hydrogen-bond acceptors (Lipinski definition) is 9. The Balaban J connectivity index is 1.48. The fraction of sp³-hybridized carbons (Fsp3) is 0.222. The first-order valence-electron chi connectivity index (χ1n) is 8.59. The number of amides is 2. The number of benzene rings is 1. The molecule has 10 nitrogen and oxygen atoms in total. The minimum Gasteiger partial charge on any atom is -0.494 e. The summed E-state index contributed by atoms with van der Waals surface area (Å²) in [6.45, 7) is 1.73. The van der Waals surface area contributed by atoms with E-state index in [2.05, 4.69) is 25.6 Å². The van der Waals surface area contributed by atoms with Crippen molar-refractivity contribution in [2.45, 2.75) is 6.92 Å². The molecule has 0 bridgehead atoms. The predicted octanol–water partition coefficient (Wildman–Crippen LogP) is 2.08. The van der Waals surface area contributed by atoms with Crippen LogP contribution in [0.3, 0.4) is 0 Å². The molecule has 1 aromatic heterocycles. The fourth-order valence-electron chi connectivity index (χ4n) is 2.76. The van der Waals surface area contributed by atoms with Crippen LogP contribution >= 0.6 is 11.8 Å². The number of hydrazone groups is 1. The van der Waals surface area contributed by atoms with Crippen molar-refractivity contribution < 1.29 is 18.8 Å². The lowest BCUT2D eigenvalue weighted by atomic mass is 10.1. The molecule has 2 aliphatic rings. The molecule has 29 heavy (non-hydrogen) atoms. The number of nitrogens with one attached hydrogen (secondary N) is 1. The van der Waals surface area contributed by atoms with Crippen molar-refractivity contribution in [1.82, 2.24) is 5.16 Å². The standard InChI is InChI=1S/C18H16N6O4S/c1-10-7-14(23-28-10)20-15(25)9-29-18-21-16-11(17(26)22-18)8-19-24(16)12-5-3-4-6-13(12)27-2/h3-8,11H,9H2,1-2H3,(H,20,23,25). The zero-order valence-electron chi connectivity index (χ0n) is 15.5. The number of carbonyl (C=O) groups is 2. The van der Waals surface area contributed by atoms with Crippen molar-refractivity contribution in [1.29, 1.82) is 0 Å². The monoisotopic (exact) mass is 412 g/mol. The number of para-hydroxylation sites is 2. The predicted molar refractivity (Wildman–Crippen MR) is 110 cm³/mol. The van der Waals surface area contributed by atoms with Gasteiger partial charge in [0.15, 0.2) is 16.8 Å². The van der Waals surface area contributed by atoms with Gasteiger partial charge in [-0.05, 0) is 19.1 Å². The van der Waals surface area contributed by atoms with E-state index in [1.807, 2.05) is 18.2 Å². The minimum absolute atomic E-state index is 0.00891. The summed E-state index contributed by atoms with van der Waals surface area (Å²) in [5.74, 6) is 0.587. The first-order valence-corrected chi connectivity index (χ1v) is 9.58. The molecule has 11 heteroatoms. The highest BCUT2D eigenvalue weighted by Crippen LogP contribution is 2.33. The van der Waals surface area contributed by atoms with Gasteiger partial charge in [0.05, 0.1) is 12.9 Å².